The molecular weight excluding hydrogens is 296 g/mol. The minimum atomic E-state index is -0.436. The van der Waals surface area contributed by atoms with E-state index in [0.29, 0.717) is 6.54 Å². The Morgan fingerprint density at radius 3 is 2.35 bits per heavy atom. The average molecular weight is 314 g/mol. The van der Waals surface area contributed by atoms with Gasteiger partial charge in [0.05, 0.1) is 11.5 Å². The quantitative estimate of drug-likeness (QED) is 0.446. The van der Waals surface area contributed by atoms with Gasteiger partial charge in [0.25, 0.3) is 5.69 Å². The van der Waals surface area contributed by atoms with E-state index >= 15 is 0 Å². The molecule has 0 bridgehead atoms. The molecule has 6 nitrogen and oxygen atoms in total. The first-order chi connectivity index (χ1) is 11.0. The molecule has 0 aliphatic carbocycles. The summed E-state index contributed by atoms with van der Waals surface area (Å²) in [6, 6.07) is 15.8. The first-order valence-electron chi connectivity index (χ1n) is 7.16. The van der Waals surface area contributed by atoms with Crippen LogP contribution in [0.4, 0.5) is 5.69 Å². The Labute approximate surface area is 134 Å². The molecule has 2 aromatic carbocycles. The molecule has 0 heterocycles. The number of rotatable bonds is 7. The van der Waals surface area contributed by atoms with Gasteiger partial charge in [0.2, 0.25) is 0 Å². The van der Waals surface area contributed by atoms with E-state index in [1.165, 1.54) is 12.1 Å². The zero-order valence-electron chi connectivity index (χ0n) is 12.8. The van der Waals surface area contributed by atoms with E-state index in [-0.39, 0.29) is 24.8 Å². The van der Waals surface area contributed by atoms with Crippen LogP contribution in [0.2, 0.25) is 0 Å². The monoisotopic (exact) mass is 314 g/mol. The number of benzene rings is 2. The van der Waals surface area contributed by atoms with Crippen molar-refractivity contribution in [1.29, 1.82) is 0 Å². The van der Waals surface area contributed by atoms with Crippen LogP contribution < -0.4 is 0 Å². The van der Waals surface area contributed by atoms with Gasteiger partial charge < -0.3 is 4.74 Å². The smallest absolute Gasteiger partial charge is 0.320 e. The molecule has 0 N–H and O–H groups in total. The summed E-state index contributed by atoms with van der Waals surface area (Å²) in [7, 11) is 1.80. The Morgan fingerprint density at radius 2 is 1.74 bits per heavy atom. The van der Waals surface area contributed by atoms with E-state index in [1.54, 1.807) is 24.1 Å². The number of ether oxygens (including phenoxy) is 1. The van der Waals surface area contributed by atoms with Gasteiger partial charge in [0, 0.05) is 18.7 Å². The van der Waals surface area contributed by atoms with Crippen LogP contribution in [0.25, 0.3) is 0 Å². The van der Waals surface area contributed by atoms with Crippen molar-refractivity contribution in [3.05, 3.63) is 75.8 Å². The molecule has 0 aliphatic rings. The fourth-order valence-electron chi connectivity index (χ4n) is 2.09. The molecule has 23 heavy (non-hydrogen) atoms. The Morgan fingerprint density at radius 1 is 1.09 bits per heavy atom. The lowest BCUT2D eigenvalue weighted by Gasteiger charge is -2.15. The lowest BCUT2D eigenvalue weighted by Crippen LogP contribution is -2.26. The van der Waals surface area contributed by atoms with Crippen molar-refractivity contribution in [2.75, 3.05) is 13.6 Å². The van der Waals surface area contributed by atoms with E-state index in [9.17, 15) is 14.9 Å². The maximum Gasteiger partial charge on any atom is 0.320 e. The zero-order valence-corrected chi connectivity index (χ0v) is 12.8. The van der Waals surface area contributed by atoms with Crippen LogP contribution in [0.1, 0.15) is 11.1 Å². The summed E-state index contributed by atoms with van der Waals surface area (Å²) in [5, 5.41) is 10.6. The van der Waals surface area contributed by atoms with Crippen LogP contribution in [-0.2, 0) is 22.7 Å². The van der Waals surface area contributed by atoms with Crippen LogP contribution >= 0.6 is 0 Å². The number of hydrogen-bond donors (Lipinski definition) is 0. The molecule has 6 heteroatoms. The maximum atomic E-state index is 11.8. The molecule has 0 saturated heterocycles. The predicted molar refractivity (Wildman–Crippen MR) is 85.7 cm³/mol. The number of nitro groups is 1. The number of esters is 1. The summed E-state index contributed by atoms with van der Waals surface area (Å²) in [5.41, 5.74) is 1.89. The summed E-state index contributed by atoms with van der Waals surface area (Å²) < 4.78 is 5.22. The number of nitro benzene ring substituents is 1. The van der Waals surface area contributed by atoms with E-state index in [1.807, 2.05) is 30.3 Å². The summed E-state index contributed by atoms with van der Waals surface area (Å²) in [5.74, 6) is -0.307. The van der Waals surface area contributed by atoms with Crippen LogP contribution in [0.15, 0.2) is 54.6 Å². The van der Waals surface area contributed by atoms with Crippen molar-refractivity contribution in [3.63, 3.8) is 0 Å². The first kappa shape index (κ1) is 16.6. The molecule has 0 saturated carbocycles. The number of hydrogen-bond acceptors (Lipinski definition) is 5. The Hall–Kier alpha value is -2.73. The number of nitrogens with zero attached hydrogens (tertiary/aromatic N) is 2. The highest BCUT2D eigenvalue weighted by Crippen LogP contribution is 2.13. The van der Waals surface area contributed by atoms with Crippen molar-refractivity contribution in [1.82, 2.24) is 4.90 Å². The molecule has 2 aromatic rings. The van der Waals surface area contributed by atoms with E-state index in [4.69, 9.17) is 4.74 Å². The number of non-ortho nitro benzene ring substituents is 1. The van der Waals surface area contributed by atoms with Crippen molar-refractivity contribution in [3.8, 4) is 0 Å². The van der Waals surface area contributed by atoms with Crippen molar-refractivity contribution < 1.29 is 14.5 Å². The Bertz CT molecular complexity index is 656. The van der Waals surface area contributed by atoms with Crippen LogP contribution in [0.3, 0.4) is 0 Å². The van der Waals surface area contributed by atoms with E-state index < -0.39 is 4.92 Å². The van der Waals surface area contributed by atoms with E-state index in [0.717, 1.165) is 11.1 Å². The fourth-order valence-corrected chi connectivity index (χ4v) is 2.09. The predicted octanol–water partition coefficient (Wildman–Crippen LogP) is 2.77. The molecule has 0 amide bonds. The van der Waals surface area contributed by atoms with Crippen LogP contribution in [-0.4, -0.2) is 29.4 Å². The largest absolute Gasteiger partial charge is 0.460 e. The zero-order chi connectivity index (χ0) is 16.7. The number of carbonyl (C=O) groups excluding carboxylic acids is 1. The summed E-state index contributed by atoms with van der Waals surface area (Å²) in [4.78, 5) is 23.8. The minimum absolute atomic E-state index is 0.0543. The topological polar surface area (TPSA) is 72.7 Å². The molecule has 0 aliphatic heterocycles. The second-order valence-electron chi connectivity index (χ2n) is 5.24. The Balaban J connectivity index is 1.78. The van der Waals surface area contributed by atoms with Gasteiger partial charge in [0.15, 0.2) is 0 Å². The lowest BCUT2D eigenvalue weighted by atomic mass is 10.2. The average Bonchev–Trinajstić information content (AvgIpc) is 2.54. The SMILES string of the molecule is CN(CC(=O)OCc1ccccc1)Cc1ccc([N+](=O)[O-])cc1. The van der Waals surface area contributed by atoms with Gasteiger partial charge in [-0.3, -0.25) is 19.8 Å². The summed E-state index contributed by atoms with van der Waals surface area (Å²) in [6.45, 7) is 0.924. The van der Waals surface area contributed by atoms with Crippen molar-refractivity contribution in [2.24, 2.45) is 0 Å². The van der Waals surface area contributed by atoms with Gasteiger partial charge in [-0.15, -0.1) is 0 Å². The highest BCUT2D eigenvalue weighted by Gasteiger charge is 2.10. The molecule has 0 unspecified atom stereocenters. The number of likely N-dealkylation sites (N-methyl/N-ethyl adjacent to an activating group) is 1. The highest BCUT2D eigenvalue weighted by molar-refractivity contribution is 5.71. The standard InChI is InChI=1S/C17H18N2O4/c1-18(11-14-7-9-16(10-8-14)19(21)22)12-17(20)23-13-15-5-3-2-4-6-15/h2-10H,11-13H2,1H3. The third kappa shape index (κ3) is 5.52. The third-order valence-corrected chi connectivity index (χ3v) is 3.24. The summed E-state index contributed by atoms with van der Waals surface area (Å²) >= 11 is 0. The maximum absolute atomic E-state index is 11.8. The minimum Gasteiger partial charge on any atom is -0.460 e. The molecular formula is C17H18N2O4. The Kier molecular flexibility index (Phi) is 5.82. The normalized spacial score (nSPS) is 10.5. The molecule has 0 spiro atoms. The molecule has 0 radical (unpaired) electrons. The highest BCUT2D eigenvalue weighted by atomic mass is 16.6. The second-order valence-corrected chi connectivity index (χ2v) is 5.24. The molecule has 120 valence electrons. The molecule has 0 aromatic heterocycles. The van der Waals surface area contributed by atoms with Crippen molar-refractivity contribution in [2.45, 2.75) is 13.2 Å². The van der Waals surface area contributed by atoms with Gasteiger partial charge in [0.1, 0.15) is 6.61 Å². The van der Waals surface area contributed by atoms with Crippen LogP contribution in [0, 0.1) is 10.1 Å². The second kappa shape index (κ2) is 8.05. The van der Waals surface area contributed by atoms with Gasteiger partial charge in [-0.2, -0.15) is 0 Å². The first-order valence-corrected chi connectivity index (χ1v) is 7.16. The van der Waals surface area contributed by atoms with Gasteiger partial charge in [-0.25, -0.2) is 0 Å². The lowest BCUT2D eigenvalue weighted by molar-refractivity contribution is -0.384. The fraction of sp³-hybridized carbons (Fsp3) is 0.235. The molecule has 2 rings (SSSR count). The van der Waals surface area contributed by atoms with E-state index in [2.05, 4.69) is 0 Å². The molecule has 0 atom stereocenters. The third-order valence-electron chi connectivity index (χ3n) is 3.24. The van der Waals surface area contributed by atoms with Gasteiger partial charge >= 0.3 is 5.97 Å². The van der Waals surface area contributed by atoms with Gasteiger partial charge in [-0.1, -0.05) is 42.5 Å². The number of carbonyl (C=O) groups is 1. The van der Waals surface area contributed by atoms with Gasteiger partial charge in [-0.05, 0) is 18.2 Å². The molecule has 0 fully saturated rings. The van der Waals surface area contributed by atoms with Crippen molar-refractivity contribution >= 4 is 11.7 Å². The van der Waals surface area contributed by atoms with Crippen LogP contribution in [0.5, 0.6) is 0 Å². The summed E-state index contributed by atoms with van der Waals surface area (Å²) in [6.07, 6.45) is 0.